The van der Waals surface area contributed by atoms with E-state index in [9.17, 15) is 4.79 Å². The molecule has 2 aromatic rings. The van der Waals surface area contributed by atoms with Crippen LogP contribution in [0.2, 0.25) is 0 Å². The highest BCUT2D eigenvalue weighted by molar-refractivity contribution is 5.94. The molecule has 24 heavy (non-hydrogen) atoms. The van der Waals surface area contributed by atoms with E-state index in [2.05, 4.69) is 21.7 Å². The van der Waals surface area contributed by atoms with Gasteiger partial charge in [-0.2, -0.15) is 0 Å². The molecule has 1 unspecified atom stereocenters. The SMILES string of the molecule is Cl.O=C(Nc1cccc(-c2ccc3c(c2)CCO3)n1)C1CCCN1. The van der Waals surface area contributed by atoms with Gasteiger partial charge in [0.15, 0.2) is 0 Å². The molecule has 2 N–H and O–H groups in total. The van der Waals surface area contributed by atoms with Gasteiger partial charge in [0.05, 0.1) is 18.3 Å². The molecule has 6 heteroatoms. The lowest BCUT2D eigenvalue weighted by Gasteiger charge is -2.11. The molecule has 2 aliphatic rings. The molecule has 5 nitrogen and oxygen atoms in total. The number of amides is 1. The Labute approximate surface area is 147 Å². The first kappa shape index (κ1) is 16.7. The molecular weight excluding hydrogens is 326 g/mol. The zero-order valence-electron chi connectivity index (χ0n) is 13.2. The van der Waals surface area contributed by atoms with Gasteiger partial charge in [-0.1, -0.05) is 6.07 Å². The van der Waals surface area contributed by atoms with Crippen molar-refractivity contribution < 1.29 is 9.53 Å². The Morgan fingerprint density at radius 3 is 3.04 bits per heavy atom. The van der Waals surface area contributed by atoms with Crippen LogP contribution in [-0.2, 0) is 11.2 Å². The molecule has 3 heterocycles. The topological polar surface area (TPSA) is 63.2 Å². The predicted molar refractivity (Wildman–Crippen MR) is 95.8 cm³/mol. The number of carbonyl (C=O) groups excluding carboxylic acids is 1. The minimum Gasteiger partial charge on any atom is -0.493 e. The van der Waals surface area contributed by atoms with Crippen LogP contribution in [0.5, 0.6) is 5.75 Å². The van der Waals surface area contributed by atoms with Gasteiger partial charge in [-0.15, -0.1) is 12.4 Å². The fourth-order valence-electron chi connectivity index (χ4n) is 3.13. The maximum Gasteiger partial charge on any atom is 0.242 e. The fourth-order valence-corrected chi connectivity index (χ4v) is 3.13. The Kier molecular flexibility index (Phi) is 5.02. The molecule has 0 spiro atoms. The second kappa shape index (κ2) is 7.20. The summed E-state index contributed by atoms with van der Waals surface area (Å²) >= 11 is 0. The van der Waals surface area contributed by atoms with E-state index < -0.39 is 0 Å². The Morgan fingerprint density at radius 2 is 2.21 bits per heavy atom. The van der Waals surface area contributed by atoms with Crippen molar-refractivity contribution in [3.8, 4) is 17.0 Å². The molecule has 2 aliphatic heterocycles. The summed E-state index contributed by atoms with van der Waals surface area (Å²) in [6, 6.07) is 11.7. The van der Waals surface area contributed by atoms with Crippen LogP contribution in [0.3, 0.4) is 0 Å². The van der Waals surface area contributed by atoms with Crippen molar-refractivity contribution in [1.82, 2.24) is 10.3 Å². The first-order valence-electron chi connectivity index (χ1n) is 8.07. The lowest BCUT2D eigenvalue weighted by atomic mass is 10.1. The van der Waals surface area contributed by atoms with Crippen LogP contribution in [0.25, 0.3) is 11.3 Å². The monoisotopic (exact) mass is 345 g/mol. The smallest absolute Gasteiger partial charge is 0.242 e. The average molecular weight is 346 g/mol. The molecule has 0 bridgehead atoms. The number of fused-ring (bicyclic) bond motifs is 1. The molecule has 0 radical (unpaired) electrons. The van der Waals surface area contributed by atoms with Gasteiger partial charge in [0, 0.05) is 12.0 Å². The molecule has 1 saturated heterocycles. The third kappa shape index (κ3) is 3.37. The number of hydrogen-bond acceptors (Lipinski definition) is 4. The van der Waals surface area contributed by atoms with Gasteiger partial charge >= 0.3 is 0 Å². The zero-order chi connectivity index (χ0) is 15.6. The number of anilines is 1. The number of pyridine rings is 1. The number of carbonyl (C=O) groups is 1. The highest BCUT2D eigenvalue weighted by Crippen LogP contribution is 2.30. The average Bonchev–Trinajstić information content (AvgIpc) is 3.26. The van der Waals surface area contributed by atoms with Crippen molar-refractivity contribution in [3.05, 3.63) is 42.0 Å². The van der Waals surface area contributed by atoms with Crippen LogP contribution in [0.4, 0.5) is 5.82 Å². The predicted octanol–water partition coefficient (Wildman–Crippen LogP) is 2.80. The van der Waals surface area contributed by atoms with Crippen molar-refractivity contribution in [2.24, 2.45) is 0 Å². The van der Waals surface area contributed by atoms with E-state index in [1.165, 1.54) is 5.56 Å². The number of hydrogen-bond donors (Lipinski definition) is 2. The van der Waals surface area contributed by atoms with Crippen LogP contribution in [0.1, 0.15) is 18.4 Å². The van der Waals surface area contributed by atoms with E-state index >= 15 is 0 Å². The normalized spacial score (nSPS) is 18.4. The summed E-state index contributed by atoms with van der Waals surface area (Å²) in [6.07, 6.45) is 2.87. The quantitative estimate of drug-likeness (QED) is 0.898. The minimum atomic E-state index is -0.0994. The van der Waals surface area contributed by atoms with Crippen LogP contribution in [-0.4, -0.2) is 30.1 Å². The lowest BCUT2D eigenvalue weighted by Crippen LogP contribution is -2.35. The number of rotatable bonds is 3. The Hall–Kier alpha value is -2.11. The van der Waals surface area contributed by atoms with Crippen LogP contribution < -0.4 is 15.4 Å². The molecule has 1 atom stereocenters. The maximum atomic E-state index is 12.2. The van der Waals surface area contributed by atoms with Gasteiger partial charge in [-0.05, 0) is 55.3 Å². The minimum absolute atomic E-state index is 0. The highest BCUT2D eigenvalue weighted by Gasteiger charge is 2.22. The van der Waals surface area contributed by atoms with Gasteiger partial charge in [-0.3, -0.25) is 4.79 Å². The highest BCUT2D eigenvalue weighted by atomic mass is 35.5. The summed E-state index contributed by atoms with van der Waals surface area (Å²) in [5.74, 6) is 1.55. The maximum absolute atomic E-state index is 12.2. The summed E-state index contributed by atoms with van der Waals surface area (Å²) in [7, 11) is 0. The van der Waals surface area contributed by atoms with Crippen molar-refractivity contribution in [1.29, 1.82) is 0 Å². The van der Waals surface area contributed by atoms with E-state index in [1.807, 2.05) is 30.3 Å². The molecule has 126 valence electrons. The molecule has 1 aromatic carbocycles. The van der Waals surface area contributed by atoms with Crippen molar-refractivity contribution in [2.75, 3.05) is 18.5 Å². The molecule has 4 rings (SSSR count). The summed E-state index contributed by atoms with van der Waals surface area (Å²) in [5, 5.41) is 6.11. The standard InChI is InChI=1S/C18H19N3O2.ClH/c22-18(15-4-2-9-19-15)21-17-5-1-3-14(20-17)12-6-7-16-13(11-12)8-10-23-16;/h1,3,5-7,11,15,19H,2,4,8-10H2,(H,20,21,22);1H. The molecule has 1 aromatic heterocycles. The third-order valence-electron chi connectivity index (χ3n) is 4.36. The molecule has 0 aliphatic carbocycles. The van der Waals surface area contributed by atoms with Gasteiger partial charge < -0.3 is 15.4 Å². The van der Waals surface area contributed by atoms with Crippen LogP contribution in [0, 0.1) is 0 Å². The first-order valence-corrected chi connectivity index (χ1v) is 8.07. The number of nitrogens with one attached hydrogen (secondary N) is 2. The molecule has 0 saturated carbocycles. The van der Waals surface area contributed by atoms with E-state index in [-0.39, 0.29) is 24.4 Å². The lowest BCUT2D eigenvalue weighted by molar-refractivity contribution is -0.117. The van der Waals surface area contributed by atoms with Crippen molar-refractivity contribution >= 4 is 24.1 Å². The van der Waals surface area contributed by atoms with E-state index in [1.54, 1.807) is 0 Å². The second-order valence-corrected chi connectivity index (χ2v) is 5.97. The second-order valence-electron chi connectivity index (χ2n) is 5.97. The molecule has 1 fully saturated rings. The Bertz CT molecular complexity index is 745. The summed E-state index contributed by atoms with van der Waals surface area (Å²) in [5.41, 5.74) is 3.12. The number of aromatic nitrogens is 1. The van der Waals surface area contributed by atoms with E-state index in [4.69, 9.17) is 4.74 Å². The molecular formula is C18H20ClN3O2. The van der Waals surface area contributed by atoms with Crippen LogP contribution in [0.15, 0.2) is 36.4 Å². The van der Waals surface area contributed by atoms with Crippen molar-refractivity contribution in [2.45, 2.75) is 25.3 Å². The fraction of sp³-hybridized carbons (Fsp3) is 0.333. The zero-order valence-corrected chi connectivity index (χ0v) is 14.1. The summed E-state index contributed by atoms with van der Waals surface area (Å²) in [4.78, 5) is 16.8. The van der Waals surface area contributed by atoms with Gasteiger partial charge in [0.1, 0.15) is 11.6 Å². The van der Waals surface area contributed by atoms with Gasteiger partial charge in [0.2, 0.25) is 5.91 Å². The first-order chi connectivity index (χ1) is 11.3. The number of nitrogens with zero attached hydrogens (tertiary/aromatic N) is 1. The van der Waals surface area contributed by atoms with Crippen molar-refractivity contribution in [3.63, 3.8) is 0 Å². The van der Waals surface area contributed by atoms with Crippen LogP contribution >= 0.6 is 12.4 Å². The summed E-state index contributed by atoms with van der Waals surface area (Å²) in [6.45, 7) is 1.65. The van der Waals surface area contributed by atoms with Gasteiger partial charge in [-0.25, -0.2) is 4.98 Å². The third-order valence-corrected chi connectivity index (χ3v) is 4.36. The Morgan fingerprint density at radius 1 is 1.29 bits per heavy atom. The number of halogens is 1. The largest absolute Gasteiger partial charge is 0.493 e. The van der Waals surface area contributed by atoms with Gasteiger partial charge in [0.25, 0.3) is 0 Å². The Balaban J connectivity index is 0.00000169. The van der Waals surface area contributed by atoms with E-state index in [0.717, 1.165) is 49.4 Å². The summed E-state index contributed by atoms with van der Waals surface area (Å²) < 4.78 is 5.54. The molecule has 1 amide bonds. The van der Waals surface area contributed by atoms with E-state index in [0.29, 0.717) is 5.82 Å². The number of benzene rings is 1. The number of ether oxygens (including phenoxy) is 1.